The Hall–Kier alpha value is -3.10. The molecule has 0 aromatic heterocycles. The first-order chi connectivity index (χ1) is 13.6. The Morgan fingerprint density at radius 1 is 1.07 bits per heavy atom. The van der Waals surface area contributed by atoms with E-state index in [9.17, 15) is 9.65 Å². The highest BCUT2D eigenvalue weighted by Gasteiger charge is 2.09. The van der Waals surface area contributed by atoms with Crippen LogP contribution in [0.5, 0.6) is 11.5 Å². The van der Waals surface area contributed by atoms with Crippen LogP contribution in [0.1, 0.15) is 16.7 Å². The maximum absolute atomic E-state index is 13.8. The van der Waals surface area contributed by atoms with E-state index in [1.807, 2.05) is 30.3 Å². The summed E-state index contributed by atoms with van der Waals surface area (Å²) in [5.74, 6) is 0.706. The molecule has 5 heteroatoms. The van der Waals surface area contributed by atoms with Gasteiger partial charge in [0.25, 0.3) is 0 Å². The average molecular weight is 438 g/mol. The highest BCUT2D eigenvalue weighted by molar-refractivity contribution is 9.10. The zero-order valence-electron chi connectivity index (χ0n) is 15.2. The van der Waals surface area contributed by atoms with Gasteiger partial charge in [0.05, 0.1) is 18.8 Å². The van der Waals surface area contributed by atoms with Crippen LogP contribution in [-0.4, -0.2) is 7.11 Å². The van der Waals surface area contributed by atoms with Crippen molar-refractivity contribution < 1.29 is 13.9 Å². The number of nitrogens with zero attached hydrogens (tertiary/aromatic N) is 1. The summed E-state index contributed by atoms with van der Waals surface area (Å²) < 4.78 is 25.8. The van der Waals surface area contributed by atoms with E-state index in [1.54, 1.807) is 43.5 Å². The van der Waals surface area contributed by atoms with E-state index in [-0.39, 0.29) is 12.4 Å². The molecule has 0 saturated heterocycles. The van der Waals surface area contributed by atoms with Gasteiger partial charge in [0.15, 0.2) is 11.5 Å². The molecule has 0 bridgehead atoms. The number of allylic oxidation sites excluding steroid dienone is 1. The average Bonchev–Trinajstić information content (AvgIpc) is 2.72. The number of benzene rings is 3. The summed E-state index contributed by atoms with van der Waals surface area (Å²) in [7, 11) is 1.54. The number of halogens is 2. The predicted octanol–water partition coefficient (Wildman–Crippen LogP) is 6.24. The summed E-state index contributed by atoms with van der Waals surface area (Å²) in [4.78, 5) is 0. The molecule has 3 aromatic rings. The van der Waals surface area contributed by atoms with E-state index < -0.39 is 0 Å². The van der Waals surface area contributed by atoms with E-state index in [2.05, 4.69) is 22.0 Å². The molecule has 0 aliphatic rings. The predicted molar refractivity (Wildman–Crippen MR) is 111 cm³/mol. The molecular weight excluding hydrogens is 421 g/mol. The second-order valence-electron chi connectivity index (χ2n) is 5.97. The molecule has 3 rings (SSSR count). The molecule has 0 aliphatic heterocycles. The van der Waals surface area contributed by atoms with Gasteiger partial charge in [-0.25, -0.2) is 4.39 Å². The van der Waals surface area contributed by atoms with Crippen molar-refractivity contribution in [2.75, 3.05) is 7.11 Å². The smallest absolute Gasteiger partial charge is 0.161 e. The third kappa shape index (κ3) is 4.79. The molecule has 0 atom stereocenters. The van der Waals surface area contributed by atoms with Gasteiger partial charge in [-0.05, 0) is 47.5 Å². The maximum Gasteiger partial charge on any atom is 0.161 e. The monoisotopic (exact) mass is 437 g/mol. The highest BCUT2D eigenvalue weighted by atomic mass is 79.9. The number of hydrogen-bond acceptors (Lipinski definition) is 3. The topological polar surface area (TPSA) is 42.2 Å². The van der Waals surface area contributed by atoms with Crippen molar-refractivity contribution in [3.05, 3.63) is 93.7 Å². The van der Waals surface area contributed by atoms with Gasteiger partial charge in [-0.15, -0.1) is 0 Å². The van der Waals surface area contributed by atoms with Crippen LogP contribution in [0.15, 0.2) is 71.2 Å². The van der Waals surface area contributed by atoms with Gasteiger partial charge in [0.2, 0.25) is 0 Å². The van der Waals surface area contributed by atoms with Crippen molar-refractivity contribution in [1.82, 2.24) is 0 Å². The maximum atomic E-state index is 13.8. The first-order valence-corrected chi connectivity index (χ1v) is 9.32. The molecule has 0 radical (unpaired) electrons. The SMILES string of the molecule is COc1cc(/C=C(\C#N)c2ccc(Br)cc2)ccc1OCc1ccccc1F. The molecule has 140 valence electrons. The van der Waals surface area contributed by atoms with Crippen LogP contribution in [0.25, 0.3) is 11.6 Å². The molecule has 0 amide bonds. The second kappa shape index (κ2) is 9.20. The summed E-state index contributed by atoms with van der Waals surface area (Å²) in [6, 6.07) is 21.6. The summed E-state index contributed by atoms with van der Waals surface area (Å²) >= 11 is 3.39. The van der Waals surface area contributed by atoms with Gasteiger partial charge < -0.3 is 9.47 Å². The lowest BCUT2D eigenvalue weighted by atomic mass is 10.0. The van der Waals surface area contributed by atoms with E-state index in [1.165, 1.54) is 6.07 Å². The van der Waals surface area contributed by atoms with Crippen LogP contribution < -0.4 is 9.47 Å². The summed E-state index contributed by atoms with van der Waals surface area (Å²) in [6.07, 6.45) is 1.78. The lowest BCUT2D eigenvalue weighted by molar-refractivity contribution is 0.279. The fourth-order valence-electron chi connectivity index (χ4n) is 2.64. The normalized spacial score (nSPS) is 11.0. The first kappa shape index (κ1) is 19.7. The van der Waals surface area contributed by atoms with Gasteiger partial charge in [0, 0.05) is 10.0 Å². The molecule has 0 spiro atoms. The van der Waals surface area contributed by atoms with Gasteiger partial charge in [-0.3, -0.25) is 0 Å². The molecule has 3 nitrogen and oxygen atoms in total. The van der Waals surface area contributed by atoms with Crippen LogP contribution in [-0.2, 0) is 6.61 Å². The molecule has 0 fully saturated rings. The summed E-state index contributed by atoms with van der Waals surface area (Å²) in [6.45, 7) is 0.0978. The molecule has 0 aliphatic carbocycles. The Morgan fingerprint density at radius 3 is 2.50 bits per heavy atom. The van der Waals surface area contributed by atoms with E-state index in [0.717, 1.165) is 15.6 Å². The number of rotatable bonds is 6. The van der Waals surface area contributed by atoms with Gasteiger partial charge in [-0.1, -0.05) is 52.3 Å². The zero-order chi connectivity index (χ0) is 19.9. The largest absolute Gasteiger partial charge is 0.493 e. The quantitative estimate of drug-likeness (QED) is 0.338. The van der Waals surface area contributed by atoms with Crippen molar-refractivity contribution in [2.45, 2.75) is 6.61 Å². The number of hydrogen-bond donors (Lipinski definition) is 0. The minimum absolute atomic E-state index is 0.0978. The number of methoxy groups -OCH3 is 1. The van der Waals surface area contributed by atoms with Crippen LogP contribution in [0.2, 0.25) is 0 Å². The van der Waals surface area contributed by atoms with Crippen molar-refractivity contribution in [3.8, 4) is 17.6 Å². The third-order valence-corrected chi connectivity index (χ3v) is 4.64. The van der Waals surface area contributed by atoms with Crippen LogP contribution in [0.4, 0.5) is 4.39 Å². The molecule has 0 unspecified atom stereocenters. The molecule has 0 heterocycles. The standard InChI is InChI=1S/C23H17BrFNO2/c1-27-23-13-16(12-19(14-26)17-7-9-20(24)10-8-17)6-11-22(23)28-15-18-4-2-3-5-21(18)25/h2-13H,15H2,1H3/b19-12+. The summed E-state index contributed by atoms with van der Waals surface area (Å²) in [5, 5.41) is 9.51. The third-order valence-electron chi connectivity index (χ3n) is 4.12. The summed E-state index contributed by atoms with van der Waals surface area (Å²) in [5.41, 5.74) is 2.63. The fraction of sp³-hybridized carbons (Fsp3) is 0.0870. The number of ether oxygens (including phenoxy) is 2. The Labute approximate surface area is 171 Å². The minimum Gasteiger partial charge on any atom is -0.493 e. The van der Waals surface area contributed by atoms with Crippen LogP contribution in [0.3, 0.4) is 0 Å². The Morgan fingerprint density at radius 2 is 1.82 bits per heavy atom. The molecular formula is C23H17BrFNO2. The van der Waals surface area contributed by atoms with Crippen LogP contribution >= 0.6 is 15.9 Å². The minimum atomic E-state index is -0.311. The van der Waals surface area contributed by atoms with Gasteiger partial charge >= 0.3 is 0 Å². The van der Waals surface area contributed by atoms with Crippen molar-refractivity contribution in [1.29, 1.82) is 5.26 Å². The molecule has 0 saturated carbocycles. The fourth-order valence-corrected chi connectivity index (χ4v) is 2.90. The van der Waals surface area contributed by atoms with E-state index in [0.29, 0.717) is 22.6 Å². The highest BCUT2D eigenvalue weighted by Crippen LogP contribution is 2.31. The lowest BCUT2D eigenvalue weighted by Crippen LogP contribution is -2.00. The zero-order valence-corrected chi connectivity index (χ0v) is 16.7. The Balaban J connectivity index is 1.83. The van der Waals surface area contributed by atoms with Crippen molar-refractivity contribution in [2.24, 2.45) is 0 Å². The molecule has 28 heavy (non-hydrogen) atoms. The second-order valence-corrected chi connectivity index (χ2v) is 6.88. The van der Waals surface area contributed by atoms with E-state index in [4.69, 9.17) is 9.47 Å². The van der Waals surface area contributed by atoms with Crippen LogP contribution in [0, 0.1) is 17.1 Å². The lowest BCUT2D eigenvalue weighted by Gasteiger charge is -2.12. The Bertz CT molecular complexity index is 1040. The Kier molecular flexibility index (Phi) is 6.46. The number of nitriles is 1. The van der Waals surface area contributed by atoms with Crippen molar-refractivity contribution >= 4 is 27.6 Å². The van der Waals surface area contributed by atoms with Crippen molar-refractivity contribution in [3.63, 3.8) is 0 Å². The first-order valence-electron chi connectivity index (χ1n) is 8.52. The molecule has 0 N–H and O–H groups in total. The molecule has 3 aromatic carbocycles. The van der Waals surface area contributed by atoms with Gasteiger partial charge in [-0.2, -0.15) is 5.26 Å². The van der Waals surface area contributed by atoms with E-state index >= 15 is 0 Å². The van der Waals surface area contributed by atoms with Gasteiger partial charge in [0.1, 0.15) is 12.4 Å².